The van der Waals surface area contributed by atoms with Gasteiger partial charge in [0.05, 0.1) is 0 Å². The smallest absolute Gasteiger partial charge is 0.0400 e. The summed E-state index contributed by atoms with van der Waals surface area (Å²) in [5, 5.41) is 16.9. The number of rotatable bonds is 0. The Balaban J connectivity index is 1.20. The minimum absolute atomic E-state index is 0.289. The number of allylic oxidation sites excluding steroid dienone is 3. The van der Waals surface area contributed by atoms with E-state index in [2.05, 4.69) is 134 Å². The Morgan fingerprint density at radius 1 is 0.429 bits per heavy atom. The highest BCUT2D eigenvalue weighted by Gasteiger charge is 2.38. The molecule has 1 aromatic heterocycles. The molecule has 0 N–H and O–H groups in total. The summed E-state index contributed by atoms with van der Waals surface area (Å²) in [7, 11) is 0. The van der Waals surface area contributed by atoms with Gasteiger partial charge in [-0.05, 0) is 116 Å². The molecule has 0 fully saturated rings. The van der Waals surface area contributed by atoms with Crippen LogP contribution in [0.3, 0.4) is 0 Å². The molecule has 2 unspecified atom stereocenters. The van der Waals surface area contributed by atoms with Crippen LogP contribution in [0.15, 0.2) is 115 Å². The number of benzene rings is 8. The summed E-state index contributed by atoms with van der Waals surface area (Å²) in [5.41, 5.74) is 14.4. The molecule has 0 aliphatic heterocycles. The third-order valence-corrected chi connectivity index (χ3v) is 13.9. The van der Waals surface area contributed by atoms with Gasteiger partial charge in [0.15, 0.2) is 0 Å². The van der Waals surface area contributed by atoms with Crippen molar-refractivity contribution < 1.29 is 0 Å². The molecule has 9 aromatic rings. The van der Waals surface area contributed by atoms with Crippen LogP contribution in [0.2, 0.25) is 0 Å². The predicted molar refractivity (Wildman–Crippen MR) is 210 cm³/mol. The standard InChI is InChI=1S/C48H24S/c1-2-8-24-23(7-1)27-15-16-29-25-10-5-13-33-40(25)44(34-19-17-28(24)39(27)42(29)34)32-12-6-11-26-30-18-22-37-46-36(21-20-35(43(30)46)45(33)41(26)32)47-31-9-3-4-14-38(31)49-48(37)47/h1-22,28,46H. The maximum atomic E-state index is 2.48. The van der Waals surface area contributed by atoms with Crippen LogP contribution in [0, 0.1) is 0 Å². The molecule has 0 nitrogen and oxygen atoms in total. The van der Waals surface area contributed by atoms with Gasteiger partial charge in [-0.1, -0.05) is 127 Å². The van der Waals surface area contributed by atoms with E-state index in [1.54, 1.807) is 0 Å². The van der Waals surface area contributed by atoms with E-state index in [-0.39, 0.29) is 5.92 Å². The van der Waals surface area contributed by atoms with Gasteiger partial charge >= 0.3 is 0 Å². The summed E-state index contributed by atoms with van der Waals surface area (Å²) in [6.07, 6.45) is 14.8. The van der Waals surface area contributed by atoms with E-state index in [9.17, 15) is 0 Å². The molecule has 2 atom stereocenters. The van der Waals surface area contributed by atoms with Crippen LogP contribution in [0.1, 0.15) is 45.2 Å². The SMILES string of the molecule is C1=Cc2c3c(c4c5cccc6c7ccc8c9c7c(c(c7cccc2c74)c65)C=CC9c2ccccc2-8)C=CC2=c4c(sc5ccccc45)=C1C23. The van der Waals surface area contributed by atoms with E-state index >= 15 is 0 Å². The predicted octanol–water partition coefficient (Wildman–Crippen LogP) is 11.4. The van der Waals surface area contributed by atoms with Gasteiger partial charge in [0, 0.05) is 31.7 Å². The molecule has 5 aliphatic rings. The highest BCUT2D eigenvalue weighted by Crippen LogP contribution is 2.57. The molecule has 0 spiro atoms. The van der Waals surface area contributed by atoms with Crippen molar-refractivity contribution in [3.63, 3.8) is 0 Å². The molecular formula is C48H24S. The minimum Gasteiger partial charge on any atom is -0.135 e. The average Bonchev–Trinajstić information content (AvgIpc) is 3.80. The van der Waals surface area contributed by atoms with Gasteiger partial charge in [0.1, 0.15) is 0 Å². The Bertz CT molecular complexity index is 3380. The molecule has 0 saturated heterocycles. The minimum atomic E-state index is 0.289. The van der Waals surface area contributed by atoms with E-state index in [1.165, 1.54) is 129 Å². The van der Waals surface area contributed by atoms with E-state index < -0.39 is 0 Å². The van der Waals surface area contributed by atoms with Gasteiger partial charge in [-0.25, -0.2) is 0 Å². The Morgan fingerprint density at radius 3 is 2.08 bits per heavy atom. The molecule has 49 heavy (non-hydrogen) atoms. The zero-order valence-electron chi connectivity index (χ0n) is 26.3. The van der Waals surface area contributed by atoms with Gasteiger partial charge in [-0.15, -0.1) is 11.3 Å². The second-order valence-electron chi connectivity index (χ2n) is 14.5. The lowest BCUT2D eigenvalue weighted by Gasteiger charge is -2.32. The van der Waals surface area contributed by atoms with Crippen molar-refractivity contribution in [2.24, 2.45) is 0 Å². The second kappa shape index (κ2) is 7.92. The zero-order valence-corrected chi connectivity index (χ0v) is 27.1. The van der Waals surface area contributed by atoms with Crippen LogP contribution < -0.4 is 9.75 Å². The Labute approximate surface area is 284 Å². The first-order valence-electron chi connectivity index (χ1n) is 17.4. The average molecular weight is 633 g/mol. The van der Waals surface area contributed by atoms with Crippen molar-refractivity contribution in [1.29, 1.82) is 0 Å². The molecule has 0 amide bonds. The Kier molecular flexibility index (Phi) is 3.94. The maximum Gasteiger partial charge on any atom is 0.0400 e. The normalized spacial score (nSPS) is 18.7. The molecule has 14 rings (SSSR count). The number of thiophene rings is 1. The van der Waals surface area contributed by atoms with Crippen LogP contribution in [0.25, 0.3) is 104 Å². The van der Waals surface area contributed by atoms with Gasteiger partial charge < -0.3 is 0 Å². The van der Waals surface area contributed by atoms with Crippen molar-refractivity contribution in [3.05, 3.63) is 158 Å². The van der Waals surface area contributed by atoms with Crippen LogP contribution in [-0.2, 0) is 0 Å². The molecule has 0 saturated carbocycles. The Morgan fingerprint density at radius 2 is 1.14 bits per heavy atom. The first-order valence-corrected chi connectivity index (χ1v) is 18.2. The third kappa shape index (κ3) is 2.54. The zero-order chi connectivity index (χ0) is 31.3. The second-order valence-corrected chi connectivity index (χ2v) is 15.6. The topological polar surface area (TPSA) is 0 Å². The van der Waals surface area contributed by atoms with Crippen molar-refractivity contribution in [2.75, 3.05) is 0 Å². The third-order valence-electron chi connectivity index (χ3n) is 12.7. The van der Waals surface area contributed by atoms with Crippen LogP contribution in [0.5, 0.6) is 0 Å². The highest BCUT2D eigenvalue weighted by atomic mass is 32.1. The fourth-order valence-electron chi connectivity index (χ4n) is 11.0. The summed E-state index contributed by atoms with van der Waals surface area (Å²) in [6.45, 7) is 0. The number of hydrogen-bond donors (Lipinski definition) is 0. The molecule has 5 aliphatic carbocycles. The molecule has 0 radical (unpaired) electrons. The van der Waals surface area contributed by atoms with Crippen LogP contribution in [-0.4, -0.2) is 0 Å². The van der Waals surface area contributed by atoms with Gasteiger partial charge in [0.2, 0.25) is 0 Å². The molecule has 1 heterocycles. The molecule has 222 valence electrons. The molecule has 8 aromatic carbocycles. The molecule has 0 bridgehead atoms. The van der Waals surface area contributed by atoms with E-state index in [4.69, 9.17) is 0 Å². The van der Waals surface area contributed by atoms with Gasteiger partial charge in [0.25, 0.3) is 0 Å². The summed E-state index contributed by atoms with van der Waals surface area (Å²) >= 11 is 1.97. The van der Waals surface area contributed by atoms with E-state index in [1.807, 2.05) is 11.3 Å². The lowest BCUT2D eigenvalue weighted by Crippen LogP contribution is -2.17. The largest absolute Gasteiger partial charge is 0.135 e. The molecule has 1 heteroatoms. The van der Waals surface area contributed by atoms with Crippen LogP contribution >= 0.6 is 11.3 Å². The van der Waals surface area contributed by atoms with E-state index in [0.717, 1.165) is 0 Å². The van der Waals surface area contributed by atoms with Crippen molar-refractivity contribution >= 4 is 105 Å². The van der Waals surface area contributed by atoms with Crippen LogP contribution in [0.4, 0.5) is 0 Å². The highest BCUT2D eigenvalue weighted by molar-refractivity contribution is 7.17. The first-order chi connectivity index (χ1) is 24.3. The Hall–Kier alpha value is -5.76. The molecular weight excluding hydrogens is 609 g/mol. The summed E-state index contributed by atoms with van der Waals surface area (Å²) in [4.78, 5) is 0. The lowest BCUT2D eigenvalue weighted by molar-refractivity contribution is 1.08. The maximum absolute atomic E-state index is 2.48. The lowest BCUT2D eigenvalue weighted by atomic mass is 9.71. The van der Waals surface area contributed by atoms with E-state index in [0.29, 0.717) is 5.92 Å². The number of fused-ring (bicyclic) bond motifs is 12. The number of hydrogen-bond acceptors (Lipinski definition) is 1. The monoisotopic (exact) mass is 632 g/mol. The van der Waals surface area contributed by atoms with Gasteiger partial charge in [-0.2, -0.15) is 0 Å². The quantitative estimate of drug-likeness (QED) is 0.115. The first kappa shape index (κ1) is 24.4. The summed E-state index contributed by atoms with van der Waals surface area (Å²) in [5.74, 6) is 0.605. The van der Waals surface area contributed by atoms with Crippen molar-refractivity contribution in [1.82, 2.24) is 0 Å². The van der Waals surface area contributed by atoms with Crippen molar-refractivity contribution in [3.8, 4) is 11.1 Å². The van der Waals surface area contributed by atoms with Crippen molar-refractivity contribution in [2.45, 2.75) is 11.8 Å². The fraction of sp³-hybridized carbons (Fsp3) is 0.0417. The van der Waals surface area contributed by atoms with Gasteiger partial charge in [-0.3, -0.25) is 0 Å². The fourth-order valence-corrected chi connectivity index (χ4v) is 12.2. The summed E-state index contributed by atoms with van der Waals surface area (Å²) in [6, 6.07) is 37.0. The summed E-state index contributed by atoms with van der Waals surface area (Å²) < 4.78 is 2.85.